The molecule has 2 amide bonds. The number of hydrogen-bond acceptors (Lipinski definition) is 5. The number of ether oxygens (including phenoxy) is 2. The zero-order valence-corrected chi connectivity index (χ0v) is 17.6. The summed E-state index contributed by atoms with van der Waals surface area (Å²) < 4.78 is 12.7. The third-order valence-electron chi connectivity index (χ3n) is 5.14. The molecule has 1 aliphatic rings. The quantitative estimate of drug-likeness (QED) is 0.686. The van der Waals surface area contributed by atoms with E-state index in [-0.39, 0.29) is 6.03 Å². The largest absolute Gasteiger partial charge is 0.497 e. The molecule has 1 N–H and O–H groups in total. The molecule has 29 heavy (non-hydrogen) atoms. The Kier molecular flexibility index (Phi) is 7.35. The summed E-state index contributed by atoms with van der Waals surface area (Å²) in [6.45, 7) is 7.37. The van der Waals surface area contributed by atoms with Crippen LogP contribution in [0.25, 0.3) is 0 Å². The van der Waals surface area contributed by atoms with Gasteiger partial charge in [0.1, 0.15) is 11.5 Å². The molecule has 1 aromatic carbocycles. The Balaban J connectivity index is 1.40. The summed E-state index contributed by atoms with van der Waals surface area (Å²) in [5.74, 6) is 1.68. The summed E-state index contributed by atoms with van der Waals surface area (Å²) >= 11 is 0. The lowest BCUT2D eigenvalue weighted by Crippen LogP contribution is -2.51. The third kappa shape index (κ3) is 5.87. The van der Waals surface area contributed by atoms with Crippen molar-refractivity contribution in [1.82, 2.24) is 24.9 Å². The first-order valence-electron chi connectivity index (χ1n) is 10.0. The minimum Gasteiger partial charge on any atom is -0.497 e. The number of piperazine rings is 1. The van der Waals surface area contributed by atoms with E-state index in [1.165, 1.54) is 0 Å². The van der Waals surface area contributed by atoms with Gasteiger partial charge in [-0.1, -0.05) is 0 Å². The monoisotopic (exact) mass is 401 g/mol. The summed E-state index contributed by atoms with van der Waals surface area (Å²) in [5.41, 5.74) is 2.25. The number of methoxy groups -OCH3 is 2. The first kappa shape index (κ1) is 21.0. The number of nitrogens with zero attached hydrogens (tertiary/aromatic N) is 4. The zero-order valence-electron chi connectivity index (χ0n) is 17.6. The molecule has 0 spiro atoms. The maximum Gasteiger partial charge on any atom is 0.317 e. The smallest absolute Gasteiger partial charge is 0.317 e. The van der Waals surface area contributed by atoms with Crippen LogP contribution < -0.4 is 14.8 Å². The highest BCUT2D eigenvalue weighted by molar-refractivity contribution is 5.74. The van der Waals surface area contributed by atoms with Crippen molar-refractivity contribution in [2.24, 2.45) is 0 Å². The van der Waals surface area contributed by atoms with Gasteiger partial charge in [0, 0.05) is 57.6 Å². The Morgan fingerprint density at radius 2 is 1.97 bits per heavy atom. The van der Waals surface area contributed by atoms with Crippen molar-refractivity contribution in [3.8, 4) is 11.5 Å². The second kappa shape index (κ2) is 10.2. The Morgan fingerprint density at radius 1 is 1.17 bits per heavy atom. The Labute approximate surface area is 172 Å². The van der Waals surface area contributed by atoms with E-state index < -0.39 is 0 Å². The molecule has 0 radical (unpaired) electrons. The molecular formula is C21H31N5O3. The number of amides is 2. The zero-order chi connectivity index (χ0) is 20.6. The lowest BCUT2D eigenvalue weighted by atomic mass is 10.1. The molecule has 1 saturated heterocycles. The van der Waals surface area contributed by atoms with E-state index in [1.54, 1.807) is 14.2 Å². The predicted molar refractivity (Wildman–Crippen MR) is 111 cm³/mol. The highest BCUT2D eigenvalue weighted by Crippen LogP contribution is 2.25. The topological polar surface area (TPSA) is 71.9 Å². The second-order valence-corrected chi connectivity index (χ2v) is 7.31. The van der Waals surface area contributed by atoms with E-state index in [9.17, 15) is 4.79 Å². The van der Waals surface area contributed by atoms with E-state index in [0.29, 0.717) is 6.54 Å². The number of nitrogens with one attached hydrogen (secondary N) is 1. The number of carbonyl (C=O) groups excluding carboxylic acids is 1. The van der Waals surface area contributed by atoms with Gasteiger partial charge in [-0.2, -0.15) is 5.10 Å². The summed E-state index contributed by atoms with van der Waals surface area (Å²) in [6, 6.07) is 5.86. The molecule has 1 aliphatic heterocycles. The van der Waals surface area contributed by atoms with Gasteiger partial charge in [-0.3, -0.25) is 9.58 Å². The summed E-state index contributed by atoms with van der Waals surface area (Å²) in [7, 11) is 3.35. The van der Waals surface area contributed by atoms with E-state index in [2.05, 4.69) is 15.3 Å². The highest BCUT2D eigenvalue weighted by Gasteiger charge is 2.21. The number of hydrogen-bond donors (Lipinski definition) is 1. The molecule has 3 rings (SSSR count). The molecule has 1 aromatic heterocycles. The van der Waals surface area contributed by atoms with Crippen LogP contribution in [0.3, 0.4) is 0 Å². The fraction of sp³-hybridized carbons (Fsp3) is 0.524. The fourth-order valence-electron chi connectivity index (χ4n) is 3.49. The van der Waals surface area contributed by atoms with Crippen LogP contribution in [0.5, 0.6) is 11.5 Å². The van der Waals surface area contributed by atoms with Crippen molar-refractivity contribution < 1.29 is 14.3 Å². The molecule has 0 saturated carbocycles. The Bertz CT molecular complexity index is 799. The maximum absolute atomic E-state index is 12.4. The number of rotatable bonds is 8. The molecule has 0 atom stereocenters. The number of aryl methyl sites for hydroxylation is 2. The summed E-state index contributed by atoms with van der Waals surface area (Å²) in [6.07, 6.45) is 4.72. The van der Waals surface area contributed by atoms with Crippen molar-refractivity contribution in [2.75, 3.05) is 46.9 Å². The van der Waals surface area contributed by atoms with Crippen molar-refractivity contribution >= 4 is 6.03 Å². The minimum atomic E-state index is 0.0141. The number of aromatic nitrogens is 2. The van der Waals surface area contributed by atoms with Crippen LogP contribution >= 0.6 is 0 Å². The van der Waals surface area contributed by atoms with Crippen molar-refractivity contribution in [1.29, 1.82) is 0 Å². The predicted octanol–water partition coefficient (Wildman–Crippen LogP) is 2.13. The molecule has 2 heterocycles. The van der Waals surface area contributed by atoms with E-state index >= 15 is 0 Å². The van der Waals surface area contributed by atoms with Crippen LogP contribution in [0.15, 0.2) is 30.6 Å². The van der Waals surface area contributed by atoms with Crippen LogP contribution in [-0.2, 0) is 13.1 Å². The molecule has 0 bridgehead atoms. The van der Waals surface area contributed by atoms with Crippen LogP contribution in [0, 0.1) is 6.92 Å². The Hall–Kier alpha value is -2.74. The van der Waals surface area contributed by atoms with Crippen molar-refractivity contribution in [3.05, 3.63) is 41.7 Å². The summed E-state index contributed by atoms with van der Waals surface area (Å²) in [5, 5.41) is 7.28. The van der Waals surface area contributed by atoms with E-state index in [0.717, 1.165) is 68.3 Å². The molecule has 1 fully saturated rings. The SMILES string of the molecule is COc1ccc(OC)c(CN2CCN(C(=O)NCCCn3cc(C)cn3)CC2)c1. The second-order valence-electron chi connectivity index (χ2n) is 7.31. The molecule has 158 valence electrons. The van der Waals surface area contributed by atoms with Crippen LogP contribution in [0.4, 0.5) is 4.79 Å². The normalized spacial score (nSPS) is 14.7. The fourth-order valence-corrected chi connectivity index (χ4v) is 3.49. The average Bonchev–Trinajstić information content (AvgIpc) is 3.16. The van der Waals surface area contributed by atoms with Gasteiger partial charge in [0.05, 0.1) is 20.4 Å². The molecular weight excluding hydrogens is 370 g/mol. The van der Waals surface area contributed by atoms with Crippen molar-refractivity contribution in [3.63, 3.8) is 0 Å². The maximum atomic E-state index is 12.4. The van der Waals surface area contributed by atoms with Gasteiger partial charge in [0.2, 0.25) is 0 Å². The molecule has 8 heteroatoms. The van der Waals surface area contributed by atoms with Gasteiger partial charge in [0.25, 0.3) is 0 Å². The van der Waals surface area contributed by atoms with Crippen molar-refractivity contribution in [2.45, 2.75) is 26.4 Å². The number of urea groups is 1. The third-order valence-corrected chi connectivity index (χ3v) is 5.14. The van der Waals surface area contributed by atoms with E-state index in [1.807, 2.05) is 47.1 Å². The minimum absolute atomic E-state index is 0.0141. The van der Waals surface area contributed by atoms with Crippen LogP contribution in [0.1, 0.15) is 17.5 Å². The lowest BCUT2D eigenvalue weighted by Gasteiger charge is -2.35. The first-order chi connectivity index (χ1) is 14.1. The molecule has 2 aromatic rings. The number of benzene rings is 1. The van der Waals surface area contributed by atoms with Gasteiger partial charge in [-0.25, -0.2) is 4.79 Å². The van der Waals surface area contributed by atoms with Crippen LogP contribution in [0.2, 0.25) is 0 Å². The standard InChI is InChI=1S/C21H31N5O3/c1-17-14-23-26(15-17)8-4-7-22-21(27)25-11-9-24(10-12-25)16-18-13-19(28-2)5-6-20(18)29-3/h5-6,13-15H,4,7-12,16H2,1-3H3,(H,22,27). The van der Waals surface area contributed by atoms with Crippen LogP contribution in [-0.4, -0.2) is 72.6 Å². The first-order valence-corrected chi connectivity index (χ1v) is 10.0. The van der Waals surface area contributed by atoms with Gasteiger partial charge in [-0.15, -0.1) is 0 Å². The highest BCUT2D eigenvalue weighted by atomic mass is 16.5. The van der Waals surface area contributed by atoms with Gasteiger partial charge in [0.15, 0.2) is 0 Å². The molecule has 0 aliphatic carbocycles. The molecule has 8 nitrogen and oxygen atoms in total. The summed E-state index contributed by atoms with van der Waals surface area (Å²) in [4.78, 5) is 16.6. The van der Waals surface area contributed by atoms with Gasteiger partial charge < -0.3 is 19.7 Å². The molecule has 0 unspecified atom stereocenters. The lowest BCUT2D eigenvalue weighted by molar-refractivity contribution is 0.134. The van der Waals surface area contributed by atoms with E-state index in [4.69, 9.17) is 9.47 Å². The van der Waals surface area contributed by atoms with Gasteiger partial charge in [-0.05, 0) is 37.1 Å². The Morgan fingerprint density at radius 3 is 2.62 bits per heavy atom. The van der Waals surface area contributed by atoms with Gasteiger partial charge >= 0.3 is 6.03 Å². The average molecular weight is 402 g/mol. The number of carbonyl (C=O) groups is 1.